The smallest absolute Gasteiger partial charge is 0.0701 e. The highest BCUT2D eigenvalue weighted by Gasteiger charge is 2.44. The van der Waals surface area contributed by atoms with E-state index in [1.807, 2.05) is 0 Å². The third kappa shape index (κ3) is 1.63. The molecule has 1 N–H and O–H groups in total. The first-order valence-electron chi connectivity index (χ1n) is 5.96. The molecule has 0 bridgehead atoms. The molecule has 1 heteroatoms. The molecule has 0 aromatic heterocycles. The molecule has 13 heavy (non-hydrogen) atoms. The van der Waals surface area contributed by atoms with Crippen molar-refractivity contribution in [1.82, 2.24) is 0 Å². The van der Waals surface area contributed by atoms with Crippen LogP contribution in [0.15, 0.2) is 0 Å². The topological polar surface area (TPSA) is 20.2 Å². The predicted octanol–water partition coefficient (Wildman–Crippen LogP) is 3.12. The van der Waals surface area contributed by atoms with E-state index in [9.17, 15) is 5.11 Å². The Balaban J connectivity index is 2.03. The first kappa shape index (κ1) is 9.51. The van der Waals surface area contributed by atoms with Crippen molar-refractivity contribution in [3.8, 4) is 0 Å². The lowest BCUT2D eigenvalue weighted by atomic mass is 9.72. The Morgan fingerprint density at radius 2 is 1.69 bits per heavy atom. The van der Waals surface area contributed by atoms with Gasteiger partial charge in [0.05, 0.1) is 5.60 Å². The van der Waals surface area contributed by atoms with Gasteiger partial charge in [-0.25, -0.2) is 0 Å². The van der Waals surface area contributed by atoms with Gasteiger partial charge in [-0.2, -0.15) is 0 Å². The Labute approximate surface area is 81.5 Å². The molecule has 1 nitrogen and oxygen atoms in total. The van der Waals surface area contributed by atoms with E-state index in [1.54, 1.807) is 0 Å². The second-order valence-electron chi connectivity index (χ2n) is 5.12. The molecule has 0 spiro atoms. The number of hydrogen-bond acceptors (Lipinski definition) is 1. The molecule has 76 valence electrons. The summed E-state index contributed by atoms with van der Waals surface area (Å²) in [4.78, 5) is 0. The molecule has 2 rings (SSSR count). The van der Waals surface area contributed by atoms with Crippen molar-refractivity contribution in [2.45, 2.75) is 63.9 Å². The van der Waals surface area contributed by atoms with Crippen molar-refractivity contribution in [3.05, 3.63) is 0 Å². The summed E-state index contributed by atoms with van der Waals surface area (Å²) in [6.07, 6.45) is 10.2. The molecule has 0 radical (unpaired) electrons. The van der Waals surface area contributed by atoms with E-state index in [1.165, 1.54) is 44.9 Å². The fourth-order valence-corrected chi connectivity index (χ4v) is 3.40. The van der Waals surface area contributed by atoms with Crippen molar-refractivity contribution in [3.63, 3.8) is 0 Å². The minimum absolute atomic E-state index is 0.277. The quantitative estimate of drug-likeness (QED) is 0.660. The molecule has 2 atom stereocenters. The van der Waals surface area contributed by atoms with Crippen molar-refractivity contribution < 1.29 is 5.11 Å². The van der Waals surface area contributed by atoms with Gasteiger partial charge in [0.1, 0.15) is 0 Å². The molecule has 0 aromatic carbocycles. The fraction of sp³-hybridized carbons (Fsp3) is 1.00. The molecule has 0 saturated heterocycles. The normalized spacial score (nSPS) is 42.5. The SMILES string of the molecule is C[C@H]1CCC[C@]1(O)C1CCCCC1. The summed E-state index contributed by atoms with van der Waals surface area (Å²) in [6, 6.07) is 0. The van der Waals surface area contributed by atoms with Gasteiger partial charge >= 0.3 is 0 Å². The molecule has 0 unspecified atom stereocenters. The number of rotatable bonds is 1. The van der Waals surface area contributed by atoms with E-state index in [2.05, 4.69) is 6.92 Å². The number of aliphatic hydroxyl groups is 1. The largest absolute Gasteiger partial charge is 0.389 e. The van der Waals surface area contributed by atoms with Crippen LogP contribution in [0.2, 0.25) is 0 Å². The van der Waals surface area contributed by atoms with E-state index >= 15 is 0 Å². The molecule has 2 aliphatic rings. The van der Waals surface area contributed by atoms with Crippen LogP contribution in [0.1, 0.15) is 58.3 Å². The summed E-state index contributed by atoms with van der Waals surface area (Å²) < 4.78 is 0. The van der Waals surface area contributed by atoms with Crippen molar-refractivity contribution in [2.75, 3.05) is 0 Å². The van der Waals surface area contributed by atoms with E-state index in [4.69, 9.17) is 0 Å². The average Bonchev–Trinajstić information content (AvgIpc) is 2.50. The molecule has 0 aromatic rings. The van der Waals surface area contributed by atoms with E-state index in [0.717, 1.165) is 6.42 Å². The first-order chi connectivity index (χ1) is 6.23. The maximum Gasteiger partial charge on any atom is 0.0701 e. The van der Waals surface area contributed by atoms with Crippen LogP contribution in [0.4, 0.5) is 0 Å². The Hall–Kier alpha value is -0.0400. The molecule has 0 aliphatic heterocycles. The Bertz CT molecular complexity index is 172. The Morgan fingerprint density at radius 1 is 1.00 bits per heavy atom. The van der Waals surface area contributed by atoms with Crippen LogP contribution in [0, 0.1) is 11.8 Å². The summed E-state index contributed by atoms with van der Waals surface area (Å²) in [5.74, 6) is 1.18. The van der Waals surface area contributed by atoms with Gasteiger partial charge in [0.15, 0.2) is 0 Å². The zero-order chi connectivity index (χ0) is 9.31. The van der Waals surface area contributed by atoms with Gasteiger partial charge in [0, 0.05) is 0 Å². The Morgan fingerprint density at radius 3 is 2.23 bits per heavy atom. The van der Waals surface area contributed by atoms with Crippen molar-refractivity contribution >= 4 is 0 Å². The lowest BCUT2D eigenvalue weighted by Gasteiger charge is -2.38. The third-order valence-electron chi connectivity index (χ3n) is 4.38. The standard InChI is InChI=1S/C12H22O/c1-10-6-5-9-12(10,13)11-7-3-2-4-8-11/h10-11,13H,2-9H2,1H3/t10-,12+/m0/s1. The fourth-order valence-electron chi connectivity index (χ4n) is 3.40. The van der Waals surface area contributed by atoms with Crippen molar-refractivity contribution in [2.24, 2.45) is 11.8 Å². The summed E-state index contributed by atoms with van der Waals surface area (Å²) in [5.41, 5.74) is -0.277. The van der Waals surface area contributed by atoms with Crippen LogP contribution in [-0.2, 0) is 0 Å². The van der Waals surface area contributed by atoms with Gasteiger partial charge in [0.2, 0.25) is 0 Å². The highest BCUT2D eigenvalue weighted by atomic mass is 16.3. The zero-order valence-corrected chi connectivity index (χ0v) is 8.76. The van der Waals surface area contributed by atoms with Crippen molar-refractivity contribution in [1.29, 1.82) is 0 Å². The molecular formula is C12H22O. The maximum atomic E-state index is 10.6. The van der Waals surface area contributed by atoms with E-state index < -0.39 is 0 Å². The monoisotopic (exact) mass is 182 g/mol. The second kappa shape index (κ2) is 3.61. The Kier molecular flexibility index (Phi) is 2.64. The van der Waals surface area contributed by atoms with Crippen LogP contribution >= 0.6 is 0 Å². The third-order valence-corrected chi connectivity index (χ3v) is 4.38. The zero-order valence-electron chi connectivity index (χ0n) is 8.76. The van der Waals surface area contributed by atoms with Gasteiger partial charge in [-0.3, -0.25) is 0 Å². The van der Waals surface area contributed by atoms with Crippen LogP contribution in [0.5, 0.6) is 0 Å². The van der Waals surface area contributed by atoms with Gasteiger partial charge in [-0.05, 0) is 37.5 Å². The van der Waals surface area contributed by atoms with Crippen LogP contribution in [0.25, 0.3) is 0 Å². The molecule has 2 saturated carbocycles. The highest BCUT2D eigenvalue weighted by Crippen LogP contribution is 2.45. The summed E-state index contributed by atoms with van der Waals surface area (Å²) in [6.45, 7) is 2.24. The highest BCUT2D eigenvalue weighted by molar-refractivity contribution is 4.96. The lowest BCUT2D eigenvalue weighted by molar-refractivity contribution is -0.0586. The summed E-state index contributed by atoms with van der Waals surface area (Å²) >= 11 is 0. The molecular weight excluding hydrogens is 160 g/mol. The molecule has 0 amide bonds. The summed E-state index contributed by atoms with van der Waals surface area (Å²) in [5, 5.41) is 10.6. The maximum absolute atomic E-state index is 10.6. The predicted molar refractivity (Wildman–Crippen MR) is 54.5 cm³/mol. The minimum Gasteiger partial charge on any atom is -0.389 e. The summed E-state index contributed by atoms with van der Waals surface area (Å²) in [7, 11) is 0. The molecule has 2 aliphatic carbocycles. The van der Waals surface area contributed by atoms with Gasteiger partial charge in [-0.1, -0.05) is 32.6 Å². The van der Waals surface area contributed by atoms with Crippen LogP contribution < -0.4 is 0 Å². The van der Waals surface area contributed by atoms with Crippen LogP contribution in [0.3, 0.4) is 0 Å². The molecule has 2 fully saturated rings. The minimum atomic E-state index is -0.277. The molecule has 0 heterocycles. The average molecular weight is 182 g/mol. The lowest BCUT2D eigenvalue weighted by Crippen LogP contribution is -2.41. The van der Waals surface area contributed by atoms with E-state index in [-0.39, 0.29) is 5.60 Å². The number of hydrogen-bond donors (Lipinski definition) is 1. The van der Waals surface area contributed by atoms with Crippen LogP contribution in [-0.4, -0.2) is 10.7 Å². The second-order valence-corrected chi connectivity index (χ2v) is 5.12. The first-order valence-corrected chi connectivity index (χ1v) is 5.96. The van der Waals surface area contributed by atoms with Gasteiger partial charge in [-0.15, -0.1) is 0 Å². The van der Waals surface area contributed by atoms with Gasteiger partial charge < -0.3 is 5.11 Å². The van der Waals surface area contributed by atoms with E-state index in [0.29, 0.717) is 11.8 Å². The van der Waals surface area contributed by atoms with Gasteiger partial charge in [0.25, 0.3) is 0 Å².